The maximum Gasteiger partial charge on any atom is 0.416 e. The first-order valence-corrected chi connectivity index (χ1v) is 6.80. The minimum absolute atomic E-state index is 0.0424. The van der Waals surface area contributed by atoms with Gasteiger partial charge in [-0.3, -0.25) is 0 Å². The van der Waals surface area contributed by atoms with Crippen molar-refractivity contribution in [2.75, 3.05) is 0 Å². The van der Waals surface area contributed by atoms with Crippen molar-refractivity contribution >= 4 is 17.9 Å². The molecular weight excluding hydrogens is 317 g/mol. The minimum Gasteiger partial charge on any atom is -0.487 e. The lowest BCUT2D eigenvalue weighted by Crippen LogP contribution is -2.12. The summed E-state index contributed by atoms with van der Waals surface area (Å²) in [6.07, 6.45) is -4.59. The summed E-state index contributed by atoms with van der Waals surface area (Å²) in [7, 11) is 0. The van der Waals surface area contributed by atoms with Crippen molar-refractivity contribution in [1.29, 1.82) is 0 Å². The predicted octanol–water partition coefficient (Wildman–Crippen LogP) is 4.68. The second-order valence-corrected chi connectivity index (χ2v) is 4.95. The van der Waals surface area contributed by atoms with Gasteiger partial charge < -0.3 is 9.53 Å². The van der Waals surface area contributed by atoms with E-state index in [0.29, 0.717) is 6.29 Å². The molecule has 0 aromatic heterocycles. The van der Waals surface area contributed by atoms with Gasteiger partial charge in [0.15, 0.2) is 0 Å². The summed E-state index contributed by atoms with van der Waals surface area (Å²) in [4.78, 5) is 10.7. The van der Waals surface area contributed by atoms with Crippen LogP contribution in [0.4, 0.5) is 13.2 Å². The lowest BCUT2D eigenvalue weighted by atomic mass is 10.0. The Balaban J connectivity index is 2.38. The van der Waals surface area contributed by atoms with Gasteiger partial charge in [0.05, 0.1) is 10.6 Å². The van der Waals surface area contributed by atoms with Crippen LogP contribution in [0.1, 0.15) is 16.7 Å². The molecule has 0 spiro atoms. The zero-order valence-electron chi connectivity index (χ0n) is 11.4. The number of hydrogen-bond donors (Lipinski definition) is 0. The van der Waals surface area contributed by atoms with Gasteiger partial charge in [-0.15, -0.1) is 0 Å². The van der Waals surface area contributed by atoms with Crippen LogP contribution in [-0.2, 0) is 24.0 Å². The third-order valence-electron chi connectivity index (χ3n) is 3.03. The topological polar surface area (TPSA) is 26.3 Å². The summed E-state index contributed by atoms with van der Waals surface area (Å²) >= 11 is 5.95. The van der Waals surface area contributed by atoms with Gasteiger partial charge in [-0.25, -0.2) is 0 Å². The second-order valence-electron chi connectivity index (χ2n) is 4.55. The van der Waals surface area contributed by atoms with Crippen LogP contribution >= 0.6 is 11.6 Å². The third-order valence-corrected chi connectivity index (χ3v) is 3.33. The summed E-state index contributed by atoms with van der Waals surface area (Å²) in [5, 5.41) is 0.0424. The highest BCUT2D eigenvalue weighted by Crippen LogP contribution is 2.40. The zero-order chi connectivity index (χ0) is 16.2. The number of benzene rings is 2. The lowest BCUT2D eigenvalue weighted by Gasteiger charge is -2.17. The monoisotopic (exact) mass is 328 g/mol. The fraction of sp³-hybridized carbons (Fsp3) is 0.188. The molecule has 0 aliphatic carbocycles. The summed E-state index contributed by atoms with van der Waals surface area (Å²) in [5.41, 5.74) is -0.369. The molecule has 2 aromatic rings. The van der Waals surface area contributed by atoms with Gasteiger partial charge in [-0.1, -0.05) is 41.9 Å². The van der Waals surface area contributed by atoms with Crippen LogP contribution in [0.25, 0.3) is 0 Å². The first-order chi connectivity index (χ1) is 10.4. The molecule has 2 rings (SSSR count). The SMILES string of the molecule is O=CCc1c(C(F)(F)F)ccc(Cl)c1OCc1ccccc1. The molecule has 6 heteroatoms. The summed E-state index contributed by atoms with van der Waals surface area (Å²) < 4.78 is 44.5. The van der Waals surface area contributed by atoms with Gasteiger partial charge in [0, 0.05) is 12.0 Å². The van der Waals surface area contributed by atoms with Crippen LogP contribution in [0.5, 0.6) is 5.75 Å². The van der Waals surface area contributed by atoms with E-state index in [4.69, 9.17) is 16.3 Å². The number of ether oxygens (including phenoxy) is 1. The number of hydrogen-bond acceptors (Lipinski definition) is 2. The number of halogens is 4. The van der Waals surface area contributed by atoms with Gasteiger partial charge in [0.1, 0.15) is 18.6 Å². The molecule has 0 bridgehead atoms. The molecule has 22 heavy (non-hydrogen) atoms. The molecule has 0 saturated carbocycles. The molecule has 2 aromatic carbocycles. The first kappa shape index (κ1) is 16.4. The van der Waals surface area contributed by atoms with Crippen LogP contribution < -0.4 is 4.74 Å². The molecule has 0 atom stereocenters. The fourth-order valence-corrected chi connectivity index (χ4v) is 2.27. The van der Waals surface area contributed by atoms with Crippen molar-refractivity contribution in [3.63, 3.8) is 0 Å². The number of carbonyl (C=O) groups excluding carboxylic acids is 1. The van der Waals surface area contributed by atoms with Crippen molar-refractivity contribution in [1.82, 2.24) is 0 Å². The van der Waals surface area contributed by atoms with Gasteiger partial charge in [-0.05, 0) is 17.7 Å². The highest BCUT2D eigenvalue weighted by Gasteiger charge is 2.35. The molecule has 2 nitrogen and oxygen atoms in total. The normalized spacial score (nSPS) is 11.3. The van der Waals surface area contributed by atoms with E-state index in [1.807, 2.05) is 6.07 Å². The van der Waals surface area contributed by atoms with E-state index in [1.165, 1.54) is 0 Å². The number of rotatable bonds is 5. The summed E-state index contributed by atoms with van der Waals surface area (Å²) in [6, 6.07) is 10.9. The van der Waals surface area contributed by atoms with Crippen LogP contribution in [0.3, 0.4) is 0 Å². The van der Waals surface area contributed by atoms with E-state index < -0.39 is 18.2 Å². The Hall–Kier alpha value is -2.01. The van der Waals surface area contributed by atoms with Crippen LogP contribution in [0.15, 0.2) is 42.5 Å². The maximum absolute atomic E-state index is 13.0. The van der Waals surface area contributed by atoms with E-state index >= 15 is 0 Å². The predicted molar refractivity (Wildman–Crippen MR) is 77.0 cm³/mol. The zero-order valence-corrected chi connectivity index (χ0v) is 12.1. The second kappa shape index (κ2) is 6.83. The van der Waals surface area contributed by atoms with E-state index in [9.17, 15) is 18.0 Å². The van der Waals surface area contributed by atoms with Crippen molar-refractivity contribution < 1.29 is 22.7 Å². The summed E-state index contributed by atoms with van der Waals surface area (Å²) in [5.74, 6) is -0.104. The Bertz CT molecular complexity index is 654. The van der Waals surface area contributed by atoms with Gasteiger partial charge in [0.25, 0.3) is 0 Å². The molecule has 0 saturated heterocycles. The average molecular weight is 329 g/mol. The standard InChI is InChI=1S/C16H12ClF3O2/c17-14-7-6-13(16(18,19)20)12(8-9-21)15(14)22-10-11-4-2-1-3-5-11/h1-7,9H,8,10H2. The highest BCUT2D eigenvalue weighted by atomic mass is 35.5. The molecule has 0 amide bonds. The average Bonchev–Trinajstić information content (AvgIpc) is 2.47. The fourth-order valence-electron chi connectivity index (χ4n) is 2.04. The Morgan fingerprint density at radius 3 is 2.36 bits per heavy atom. The Morgan fingerprint density at radius 1 is 1.09 bits per heavy atom. The number of alkyl halides is 3. The quantitative estimate of drug-likeness (QED) is 0.745. The van der Waals surface area contributed by atoms with E-state index in [1.54, 1.807) is 24.3 Å². The Kier molecular flexibility index (Phi) is 5.08. The first-order valence-electron chi connectivity index (χ1n) is 6.42. The van der Waals surface area contributed by atoms with Gasteiger partial charge in [-0.2, -0.15) is 13.2 Å². The smallest absolute Gasteiger partial charge is 0.416 e. The summed E-state index contributed by atoms with van der Waals surface area (Å²) in [6.45, 7) is 0.0632. The molecule has 0 aliphatic rings. The molecule has 116 valence electrons. The van der Waals surface area contributed by atoms with Crippen molar-refractivity contribution in [3.8, 4) is 5.75 Å². The number of aldehydes is 1. The lowest BCUT2D eigenvalue weighted by molar-refractivity contribution is -0.138. The van der Waals surface area contributed by atoms with E-state index in [0.717, 1.165) is 17.7 Å². The molecule has 0 radical (unpaired) electrons. The Morgan fingerprint density at radius 2 is 1.77 bits per heavy atom. The van der Waals surface area contributed by atoms with Crippen molar-refractivity contribution in [2.45, 2.75) is 19.2 Å². The Labute approximate surface area is 130 Å². The van der Waals surface area contributed by atoms with E-state index in [-0.39, 0.29) is 22.9 Å². The van der Waals surface area contributed by atoms with Crippen molar-refractivity contribution in [2.24, 2.45) is 0 Å². The van der Waals surface area contributed by atoms with Crippen LogP contribution in [0, 0.1) is 0 Å². The van der Waals surface area contributed by atoms with E-state index in [2.05, 4.69) is 0 Å². The molecular formula is C16H12ClF3O2. The van der Waals surface area contributed by atoms with Gasteiger partial charge in [0.2, 0.25) is 0 Å². The molecule has 0 aliphatic heterocycles. The molecule has 0 N–H and O–H groups in total. The van der Waals surface area contributed by atoms with Gasteiger partial charge >= 0.3 is 6.18 Å². The molecule has 0 fully saturated rings. The van der Waals surface area contributed by atoms with Crippen LogP contribution in [0.2, 0.25) is 5.02 Å². The number of carbonyl (C=O) groups is 1. The van der Waals surface area contributed by atoms with Crippen molar-refractivity contribution in [3.05, 3.63) is 64.2 Å². The molecule has 0 heterocycles. The highest BCUT2D eigenvalue weighted by molar-refractivity contribution is 6.32. The maximum atomic E-state index is 13.0. The minimum atomic E-state index is -4.58. The molecule has 0 unspecified atom stereocenters. The third kappa shape index (κ3) is 3.80. The van der Waals surface area contributed by atoms with Crippen LogP contribution in [-0.4, -0.2) is 6.29 Å². The largest absolute Gasteiger partial charge is 0.487 e.